The molecule has 2 rings (SSSR count). The highest BCUT2D eigenvalue weighted by atomic mass is 35.5. The summed E-state index contributed by atoms with van der Waals surface area (Å²) in [6, 6.07) is 5.15. The van der Waals surface area contributed by atoms with Crippen molar-refractivity contribution in [3.63, 3.8) is 0 Å². The molecule has 0 bridgehead atoms. The number of benzene rings is 1. The van der Waals surface area contributed by atoms with Crippen LogP contribution in [-0.2, 0) is 6.54 Å². The van der Waals surface area contributed by atoms with Gasteiger partial charge in [0.1, 0.15) is 5.82 Å². The van der Waals surface area contributed by atoms with Crippen LogP contribution in [0.1, 0.15) is 38.7 Å². The summed E-state index contributed by atoms with van der Waals surface area (Å²) in [6.07, 6.45) is 3.68. The van der Waals surface area contributed by atoms with Crippen molar-refractivity contribution in [1.29, 1.82) is 0 Å². The Kier molecular flexibility index (Phi) is 3.74. The van der Waals surface area contributed by atoms with Crippen LogP contribution in [0.2, 0.25) is 5.02 Å². The Hall–Kier alpha value is -0.600. The van der Waals surface area contributed by atoms with E-state index in [1.165, 1.54) is 31.4 Å². The summed E-state index contributed by atoms with van der Waals surface area (Å²) in [5.74, 6) is -0.277. The zero-order valence-corrected chi connectivity index (χ0v) is 11.1. The fourth-order valence-corrected chi connectivity index (χ4v) is 2.76. The van der Waals surface area contributed by atoms with Crippen molar-refractivity contribution >= 4 is 11.6 Å². The molecular formula is C14H19ClFN. The van der Waals surface area contributed by atoms with Gasteiger partial charge >= 0.3 is 0 Å². The third-order valence-corrected chi connectivity index (χ3v) is 3.92. The Bertz CT molecular complexity index is 403. The molecule has 0 radical (unpaired) electrons. The van der Waals surface area contributed by atoms with Crippen LogP contribution in [-0.4, -0.2) is 6.04 Å². The minimum atomic E-state index is -0.277. The Morgan fingerprint density at radius 1 is 1.47 bits per heavy atom. The van der Waals surface area contributed by atoms with Gasteiger partial charge in [-0.2, -0.15) is 0 Å². The Labute approximate surface area is 107 Å². The largest absolute Gasteiger partial charge is 0.310 e. The highest BCUT2D eigenvalue weighted by molar-refractivity contribution is 6.31. The van der Waals surface area contributed by atoms with Crippen molar-refractivity contribution < 1.29 is 4.39 Å². The summed E-state index contributed by atoms with van der Waals surface area (Å²) in [4.78, 5) is 0. The smallest absolute Gasteiger partial charge is 0.124 e. The number of hydrogen-bond donors (Lipinski definition) is 1. The van der Waals surface area contributed by atoms with Gasteiger partial charge in [-0.25, -0.2) is 4.39 Å². The van der Waals surface area contributed by atoms with Gasteiger partial charge in [0, 0.05) is 17.6 Å². The highest BCUT2D eigenvalue weighted by Crippen LogP contribution is 2.37. The maximum absolute atomic E-state index is 12.9. The molecule has 1 aromatic rings. The summed E-state index contributed by atoms with van der Waals surface area (Å²) in [5.41, 5.74) is 1.42. The van der Waals surface area contributed by atoms with E-state index in [0.29, 0.717) is 16.5 Å². The first-order valence-electron chi connectivity index (χ1n) is 6.14. The minimum Gasteiger partial charge on any atom is -0.310 e. The molecule has 1 aliphatic carbocycles. The molecule has 1 atom stereocenters. The lowest BCUT2D eigenvalue weighted by atomic mass is 9.92. The molecule has 0 aromatic heterocycles. The number of hydrogen-bond acceptors (Lipinski definition) is 1. The van der Waals surface area contributed by atoms with E-state index < -0.39 is 0 Å². The van der Waals surface area contributed by atoms with E-state index in [0.717, 1.165) is 12.1 Å². The summed E-state index contributed by atoms with van der Waals surface area (Å²) in [5, 5.41) is 4.02. The molecular weight excluding hydrogens is 237 g/mol. The fourth-order valence-electron chi connectivity index (χ4n) is 2.53. The molecule has 1 aliphatic rings. The third kappa shape index (κ3) is 3.43. The van der Waals surface area contributed by atoms with Crippen LogP contribution >= 0.6 is 11.6 Å². The van der Waals surface area contributed by atoms with Gasteiger partial charge in [0.2, 0.25) is 0 Å². The third-order valence-electron chi connectivity index (χ3n) is 3.56. The molecule has 0 saturated heterocycles. The Morgan fingerprint density at radius 3 is 2.82 bits per heavy atom. The van der Waals surface area contributed by atoms with Crippen molar-refractivity contribution in [3.05, 3.63) is 34.6 Å². The van der Waals surface area contributed by atoms with Gasteiger partial charge in [0.25, 0.3) is 0 Å². The van der Waals surface area contributed by atoms with Gasteiger partial charge in [-0.05, 0) is 42.4 Å². The summed E-state index contributed by atoms with van der Waals surface area (Å²) >= 11 is 5.99. The summed E-state index contributed by atoms with van der Waals surface area (Å²) in [7, 11) is 0. The van der Waals surface area contributed by atoms with Crippen LogP contribution in [0.15, 0.2) is 18.2 Å². The highest BCUT2D eigenvalue weighted by Gasteiger charge is 2.30. The number of halogens is 2. The SMILES string of the molecule is CC1(C)CCC(NCc2ccc(F)cc2Cl)C1. The van der Waals surface area contributed by atoms with Gasteiger partial charge in [-0.15, -0.1) is 0 Å². The minimum absolute atomic E-state index is 0.277. The van der Waals surface area contributed by atoms with Gasteiger partial charge in [-0.1, -0.05) is 31.5 Å². The molecule has 0 spiro atoms. The number of rotatable bonds is 3. The lowest BCUT2D eigenvalue weighted by molar-refractivity contribution is 0.364. The van der Waals surface area contributed by atoms with Crippen molar-refractivity contribution in [2.45, 2.75) is 45.7 Å². The standard InChI is InChI=1S/C14H19ClFN/c1-14(2)6-5-12(8-14)17-9-10-3-4-11(16)7-13(10)15/h3-4,7,12,17H,5-6,8-9H2,1-2H3. The molecule has 1 nitrogen and oxygen atoms in total. The van der Waals surface area contributed by atoms with E-state index in [1.54, 1.807) is 6.07 Å². The summed E-state index contributed by atoms with van der Waals surface area (Å²) in [6.45, 7) is 5.33. The Morgan fingerprint density at radius 2 is 2.24 bits per heavy atom. The molecule has 1 aromatic carbocycles. The topological polar surface area (TPSA) is 12.0 Å². The second kappa shape index (κ2) is 4.95. The van der Waals surface area contributed by atoms with E-state index in [4.69, 9.17) is 11.6 Å². The second-order valence-electron chi connectivity index (χ2n) is 5.72. The fraction of sp³-hybridized carbons (Fsp3) is 0.571. The van der Waals surface area contributed by atoms with Gasteiger partial charge in [0.05, 0.1) is 0 Å². The van der Waals surface area contributed by atoms with Crippen LogP contribution in [0.25, 0.3) is 0 Å². The van der Waals surface area contributed by atoms with E-state index >= 15 is 0 Å². The lowest BCUT2D eigenvalue weighted by Crippen LogP contribution is -2.26. The first kappa shape index (κ1) is 12.8. The maximum Gasteiger partial charge on any atom is 0.124 e. The van der Waals surface area contributed by atoms with Gasteiger partial charge in [0.15, 0.2) is 0 Å². The van der Waals surface area contributed by atoms with E-state index in [-0.39, 0.29) is 5.82 Å². The normalized spacial score (nSPS) is 22.9. The zero-order chi connectivity index (χ0) is 12.5. The zero-order valence-electron chi connectivity index (χ0n) is 10.4. The van der Waals surface area contributed by atoms with Crippen molar-refractivity contribution in [2.75, 3.05) is 0 Å². The van der Waals surface area contributed by atoms with Gasteiger partial charge in [-0.3, -0.25) is 0 Å². The molecule has 1 N–H and O–H groups in total. The second-order valence-corrected chi connectivity index (χ2v) is 6.13. The van der Waals surface area contributed by atoms with Crippen LogP contribution < -0.4 is 5.32 Å². The quantitative estimate of drug-likeness (QED) is 0.856. The maximum atomic E-state index is 12.9. The average molecular weight is 256 g/mol. The van der Waals surface area contributed by atoms with Crippen molar-refractivity contribution in [2.24, 2.45) is 5.41 Å². The lowest BCUT2D eigenvalue weighted by Gasteiger charge is -2.18. The first-order valence-corrected chi connectivity index (χ1v) is 6.51. The van der Waals surface area contributed by atoms with Crippen LogP contribution in [0, 0.1) is 11.2 Å². The molecule has 1 unspecified atom stereocenters. The molecule has 94 valence electrons. The molecule has 0 aliphatic heterocycles. The van der Waals surface area contributed by atoms with E-state index in [1.807, 2.05) is 0 Å². The molecule has 3 heteroatoms. The van der Waals surface area contributed by atoms with Crippen molar-refractivity contribution in [1.82, 2.24) is 5.32 Å². The molecule has 0 heterocycles. The molecule has 1 saturated carbocycles. The Balaban J connectivity index is 1.90. The molecule has 17 heavy (non-hydrogen) atoms. The first-order chi connectivity index (χ1) is 7.96. The van der Waals surface area contributed by atoms with Crippen LogP contribution in [0.4, 0.5) is 4.39 Å². The van der Waals surface area contributed by atoms with Gasteiger partial charge < -0.3 is 5.32 Å². The summed E-state index contributed by atoms with van der Waals surface area (Å²) < 4.78 is 12.9. The van der Waals surface area contributed by atoms with Crippen molar-refractivity contribution in [3.8, 4) is 0 Å². The van der Waals surface area contributed by atoms with E-state index in [2.05, 4.69) is 19.2 Å². The van der Waals surface area contributed by atoms with E-state index in [9.17, 15) is 4.39 Å². The number of nitrogens with one attached hydrogen (secondary N) is 1. The monoisotopic (exact) mass is 255 g/mol. The molecule has 0 amide bonds. The predicted octanol–water partition coefficient (Wildman–Crippen LogP) is 4.15. The predicted molar refractivity (Wildman–Crippen MR) is 69.7 cm³/mol. The van der Waals surface area contributed by atoms with Crippen LogP contribution in [0.5, 0.6) is 0 Å². The molecule has 1 fully saturated rings. The average Bonchev–Trinajstić information content (AvgIpc) is 2.57. The van der Waals surface area contributed by atoms with Crippen LogP contribution in [0.3, 0.4) is 0 Å².